The number of nitrogens with zero attached hydrogens (tertiary/aromatic N) is 3. The number of hydrogen-bond donors (Lipinski definition) is 3. The van der Waals surface area contributed by atoms with Crippen molar-refractivity contribution in [3.63, 3.8) is 0 Å². The average Bonchev–Trinajstić information content (AvgIpc) is 3.18. The number of anilines is 1. The summed E-state index contributed by atoms with van der Waals surface area (Å²) < 4.78 is 33.1. The first-order valence-corrected chi connectivity index (χ1v) is 13.5. The minimum Gasteiger partial charge on any atom is -0.507 e. The maximum Gasteiger partial charge on any atom is 0.343 e. The van der Waals surface area contributed by atoms with E-state index in [4.69, 9.17) is 4.74 Å². The smallest absolute Gasteiger partial charge is 0.343 e. The molecule has 0 spiro atoms. The second-order valence-electron chi connectivity index (χ2n) is 8.58. The molecule has 0 bridgehead atoms. The highest BCUT2D eigenvalue weighted by atomic mass is 32.2. The van der Waals surface area contributed by atoms with Crippen LogP contribution in [0.5, 0.6) is 5.75 Å². The third-order valence-electron chi connectivity index (χ3n) is 5.79. The fourth-order valence-electron chi connectivity index (χ4n) is 3.85. The number of carbonyl (C=O) groups is 2. The minimum atomic E-state index is -3.85. The Bertz CT molecular complexity index is 1400. The summed E-state index contributed by atoms with van der Waals surface area (Å²) in [5, 5.41) is 22.0. The molecule has 0 saturated carbocycles. The van der Waals surface area contributed by atoms with Gasteiger partial charge < -0.3 is 14.6 Å². The molecule has 2 heterocycles. The number of rotatable bonds is 9. The van der Waals surface area contributed by atoms with E-state index in [2.05, 4.69) is 25.3 Å². The Labute approximate surface area is 220 Å². The van der Waals surface area contributed by atoms with E-state index >= 15 is 0 Å². The standard InChI is InChI=1S/C26H27N5O6S/c32-15-12-18-16-20(17-22(25(18)33)26(34)37-24-7-2-1-4-14-28-24)30-29-19-8-10-21(11-9-19)38(35,36)31-23-6-3-5-13-27-23/h3,5-6,8-11,13,15-17,24,28,33H,1-2,4,7,12,14H2,(H,27,31). The number of aldehydes is 1. The minimum absolute atomic E-state index is 0.0113. The van der Waals surface area contributed by atoms with Gasteiger partial charge in [0.1, 0.15) is 23.4 Å². The number of ether oxygens (including phenoxy) is 1. The maximum absolute atomic E-state index is 12.8. The molecule has 38 heavy (non-hydrogen) atoms. The number of sulfonamides is 1. The van der Waals surface area contributed by atoms with Gasteiger partial charge in [-0.25, -0.2) is 18.2 Å². The quantitative estimate of drug-likeness (QED) is 0.206. The molecule has 3 N–H and O–H groups in total. The van der Waals surface area contributed by atoms with Crippen molar-refractivity contribution >= 4 is 39.5 Å². The molecule has 1 aliphatic rings. The molecule has 1 atom stereocenters. The van der Waals surface area contributed by atoms with Gasteiger partial charge in [-0.15, -0.1) is 0 Å². The van der Waals surface area contributed by atoms with Crippen LogP contribution in [0.1, 0.15) is 41.6 Å². The van der Waals surface area contributed by atoms with Gasteiger partial charge in [0.25, 0.3) is 10.0 Å². The molecule has 1 aliphatic heterocycles. The van der Waals surface area contributed by atoms with Crippen molar-refractivity contribution in [2.75, 3.05) is 11.3 Å². The normalized spacial score (nSPS) is 16.1. The zero-order chi connectivity index (χ0) is 27.0. The molecular formula is C26H27N5O6S. The fourth-order valence-corrected chi connectivity index (χ4v) is 4.86. The molecule has 1 unspecified atom stereocenters. The van der Waals surface area contributed by atoms with Crippen LogP contribution in [0.2, 0.25) is 0 Å². The van der Waals surface area contributed by atoms with E-state index in [0.29, 0.717) is 18.4 Å². The van der Waals surface area contributed by atoms with Crippen molar-refractivity contribution in [3.8, 4) is 5.75 Å². The predicted octanol–water partition coefficient (Wildman–Crippen LogP) is 4.39. The number of aromatic hydroxyl groups is 1. The largest absolute Gasteiger partial charge is 0.507 e. The molecule has 4 rings (SSSR count). The summed E-state index contributed by atoms with van der Waals surface area (Å²) in [6, 6.07) is 13.3. The Morgan fingerprint density at radius 1 is 1.11 bits per heavy atom. The molecule has 12 heteroatoms. The van der Waals surface area contributed by atoms with Crippen molar-refractivity contribution in [2.45, 2.75) is 43.2 Å². The Morgan fingerprint density at radius 3 is 2.63 bits per heavy atom. The monoisotopic (exact) mass is 537 g/mol. The van der Waals surface area contributed by atoms with Crippen LogP contribution in [0.25, 0.3) is 0 Å². The van der Waals surface area contributed by atoms with Crippen molar-refractivity contribution < 1.29 is 27.9 Å². The van der Waals surface area contributed by atoms with E-state index in [1.54, 1.807) is 12.1 Å². The van der Waals surface area contributed by atoms with Crippen LogP contribution in [0.4, 0.5) is 17.2 Å². The molecule has 1 fully saturated rings. The first kappa shape index (κ1) is 26.9. The second kappa shape index (κ2) is 12.4. The summed E-state index contributed by atoms with van der Waals surface area (Å²) in [5.41, 5.74) is 0.651. The number of phenolic OH excluding ortho intramolecular Hbond substituents is 1. The lowest BCUT2D eigenvalue weighted by atomic mass is 10.1. The SMILES string of the molecule is O=CCc1cc(N=Nc2ccc(S(=O)(=O)Nc3ccccn3)cc2)cc(C(=O)OC2CCCCCN2)c1O. The topological polar surface area (TPSA) is 159 Å². The van der Waals surface area contributed by atoms with Crippen LogP contribution in [0.15, 0.2) is 75.9 Å². The van der Waals surface area contributed by atoms with E-state index in [9.17, 15) is 23.1 Å². The molecule has 3 aromatic rings. The lowest BCUT2D eigenvalue weighted by molar-refractivity contribution is -0.107. The Hall–Kier alpha value is -4.16. The van der Waals surface area contributed by atoms with Crippen LogP contribution in [0, 0.1) is 0 Å². The van der Waals surface area contributed by atoms with Crippen LogP contribution < -0.4 is 10.0 Å². The van der Waals surface area contributed by atoms with E-state index in [-0.39, 0.29) is 39.7 Å². The van der Waals surface area contributed by atoms with Crippen LogP contribution in [0.3, 0.4) is 0 Å². The van der Waals surface area contributed by atoms with Crippen molar-refractivity contribution in [2.24, 2.45) is 10.2 Å². The number of benzene rings is 2. The number of esters is 1. The molecule has 11 nitrogen and oxygen atoms in total. The van der Waals surface area contributed by atoms with E-state index in [1.165, 1.54) is 48.7 Å². The van der Waals surface area contributed by atoms with Crippen LogP contribution in [-0.4, -0.2) is 43.5 Å². The van der Waals surface area contributed by atoms with Gasteiger partial charge in [0.05, 0.1) is 16.3 Å². The highest BCUT2D eigenvalue weighted by Gasteiger charge is 2.22. The van der Waals surface area contributed by atoms with Crippen molar-refractivity contribution in [1.29, 1.82) is 0 Å². The van der Waals surface area contributed by atoms with Crippen molar-refractivity contribution in [3.05, 3.63) is 71.9 Å². The fraction of sp³-hybridized carbons (Fsp3) is 0.269. The first-order valence-electron chi connectivity index (χ1n) is 12.1. The van der Waals surface area contributed by atoms with E-state index in [0.717, 1.165) is 25.8 Å². The third-order valence-corrected chi connectivity index (χ3v) is 7.16. The molecule has 1 saturated heterocycles. The van der Waals surface area contributed by atoms with Crippen LogP contribution in [-0.2, 0) is 26.0 Å². The Balaban J connectivity index is 1.52. The molecule has 2 aromatic carbocycles. The highest BCUT2D eigenvalue weighted by Crippen LogP contribution is 2.31. The van der Waals surface area contributed by atoms with Gasteiger partial charge in [-0.2, -0.15) is 10.2 Å². The Morgan fingerprint density at radius 2 is 1.89 bits per heavy atom. The summed E-state index contributed by atoms with van der Waals surface area (Å²) in [6.45, 7) is 0.730. The van der Waals surface area contributed by atoms with Gasteiger partial charge in [-0.05, 0) is 74.3 Å². The van der Waals surface area contributed by atoms with Gasteiger partial charge >= 0.3 is 5.97 Å². The van der Waals surface area contributed by atoms with Gasteiger partial charge in [-0.3, -0.25) is 10.0 Å². The van der Waals surface area contributed by atoms with Gasteiger partial charge in [0, 0.05) is 18.2 Å². The maximum atomic E-state index is 12.8. The van der Waals surface area contributed by atoms with Gasteiger partial charge in [-0.1, -0.05) is 12.5 Å². The molecular weight excluding hydrogens is 510 g/mol. The summed E-state index contributed by atoms with van der Waals surface area (Å²) in [6.07, 6.45) is 5.10. The molecule has 0 amide bonds. The zero-order valence-electron chi connectivity index (χ0n) is 20.4. The lowest BCUT2D eigenvalue weighted by Crippen LogP contribution is -2.33. The summed E-state index contributed by atoms with van der Waals surface area (Å²) in [4.78, 5) is 27.9. The lowest BCUT2D eigenvalue weighted by Gasteiger charge is -2.17. The van der Waals surface area contributed by atoms with E-state index < -0.39 is 22.2 Å². The third kappa shape index (κ3) is 6.99. The molecule has 0 aliphatic carbocycles. The number of hydrogen-bond acceptors (Lipinski definition) is 10. The van der Waals surface area contributed by atoms with Crippen LogP contribution >= 0.6 is 0 Å². The summed E-state index contributed by atoms with van der Waals surface area (Å²) in [5.74, 6) is -0.885. The zero-order valence-corrected chi connectivity index (χ0v) is 21.2. The number of carbonyl (C=O) groups excluding carboxylic acids is 2. The Kier molecular flexibility index (Phi) is 8.77. The summed E-state index contributed by atoms with van der Waals surface area (Å²) >= 11 is 0. The molecule has 198 valence electrons. The predicted molar refractivity (Wildman–Crippen MR) is 139 cm³/mol. The van der Waals surface area contributed by atoms with Crippen molar-refractivity contribution in [1.82, 2.24) is 10.3 Å². The average molecular weight is 538 g/mol. The number of azo groups is 1. The summed E-state index contributed by atoms with van der Waals surface area (Å²) in [7, 11) is -3.85. The van der Waals surface area contributed by atoms with Gasteiger partial charge in [0.2, 0.25) is 0 Å². The molecule has 0 radical (unpaired) electrons. The van der Waals surface area contributed by atoms with Gasteiger partial charge in [0.15, 0.2) is 6.23 Å². The number of phenols is 1. The number of pyridine rings is 1. The highest BCUT2D eigenvalue weighted by molar-refractivity contribution is 7.92. The first-order chi connectivity index (χ1) is 18.4. The number of aromatic nitrogens is 1. The number of nitrogens with one attached hydrogen (secondary N) is 2. The van der Waals surface area contributed by atoms with E-state index in [1.807, 2.05) is 0 Å². The molecule has 1 aromatic heterocycles. The second-order valence-corrected chi connectivity index (χ2v) is 10.3.